The van der Waals surface area contributed by atoms with Gasteiger partial charge in [-0.25, -0.2) is 0 Å². The van der Waals surface area contributed by atoms with E-state index in [2.05, 4.69) is 55.3 Å². The maximum atomic E-state index is 5.87. The summed E-state index contributed by atoms with van der Waals surface area (Å²) < 4.78 is 5.87. The van der Waals surface area contributed by atoms with Gasteiger partial charge in [0.2, 0.25) is 0 Å². The fraction of sp³-hybridized carbons (Fsp3) is 0.667. The zero-order chi connectivity index (χ0) is 15.1. The third-order valence-electron chi connectivity index (χ3n) is 4.46. The summed E-state index contributed by atoms with van der Waals surface area (Å²) in [7, 11) is 0. The summed E-state index contributed by atoms with van der Waals surface area (Å²) in [4.78, 5) is 2.47. The van der Waals surface area contributed by atoms with Gasteiger partial charge in [-0.2, -0.15) is 0 Å². The monoisotopic (exact) mass is 290 g/mol. The molecule has 1 saturated heterocycles. The Bertz CT molecular complexity index is 404. The first kappa shape index (κ1) is 16.5. The fourth-order valence-electron chi connectivity index (χ4n) is 2.95. The van der Waals surface area contributed by atoms with Crippen molar-refractivity contribution in [1.29, 1.82) is 0 Å². The van der Waals surface area contributed by atoms with E-state index in [-0.39, 0.29) is 0 Å². The van der Waals surface area contributed by atoms with Crippen molar-refractivity contribution in [1.82, 2.24) is 10.2 Å². The predicted octanol–water partition coefficient (Wildman–Crippen LogP) is 3.01. The van der Waals surface area contributed by atoms with Gasteiger partial charge >= 0.3 is 0 Å². The Morgan fingerprint density at radius 2 is 2.00 bits per heavy atom. The molecule has 1 N–H and O–H groups in total. The SMILES string of the molecule is CCc1ccc(C(CC)NCC2CN(CC)CCO2)cc1. The lowest BCUT2D eigenvalue weighted by Crippen LogP contribution is -2.46. The summed E-state index contributed by atoms with van der Waals surface area (Å²) in [6.07, 6.45) is 2.53. The largest absolute Gasteiger partial charge is 0.374 e. The van der Waals surface area contributed by atoms with Gasteiger partial charge in [-0.3, -0.25) is 4.90 Å². The Morgan fingerprint density at radius 3 is 2.62 bits per heavy atom. The van der Waals surface area contributed by atoms with E-state index in [1.54, 1.807) is 0 Å². The van der Waals surface area contributed by atoms with Crippen molar-refractivity contribution in [2.24, 2.45) is 0 Å². The van der Waals surface area contributed by atoms with Crippen molar-refractivity contribution in [3.8, 4) is 0 Å². The zero-order valence-electron chi connectivity index (χ0n) is 13.8. The summed E-state index contributed by atoms with van der Waals surface area (Å²) >= 11 is 0. The number of hydrogen-bond donors (Lipinski definition) is 1. The highest BCUT2D eigenvalue weighted by Crippen LogP contribution is 2.18. The van der Waals surface area contributed by atoms with Gasteiger partial charge in [0.25, 0.3) is 0 Å². The predicted molar refractivity (Wildman–Crippen MR) is 88.7 cm³/mol. The molecule has 1 heterocycles. The molecule has 1 aliphatic rings. The standard InChI is InChI=1S/C18H30N2O/c1-4-15-7-9-16(10-8-15)18(5-2)19-13-17-14-20(6-3)11-12-21-17/h7-10,17-19H,4-6,11-14H2,1-3H3. The van der Waals surface area contributed by atoms with E-state index < -0.39 is 0 Å². The summed E-state index contributed by atoms with van der Waals surface area (Å²) in [6, 6.07) is 9.45. The molecule has 2 rings (SSSR count). The minimum absolute atomic E-state index is 0.322. The number of benzene rings is 1. The first-order valence-corrected chi connectivity index (χ1v) is 8.42. The molecule has 1 aromatic carbocycles. The number of aryl methyl sites for hydroxylation is 1. The number of ether oxygens (including phenoxy) is 1. The van der Waals surface area contributed by atoms with E-state index >= 15 is 0 Å². The smallest absolute Gasteiger partial charge is 0.0826 e. The molecular weight excluding hydrogens is 260 g/mol. The molecule has 3 heteroatoms. The third-order valence-corrected chi connectivity index (χ3v) is 4.46. The van der Waals surface area contributed by atoms with E-state index in [9.17, 15) is 0 Å². The van der Waals surface area contributed by atoms with E-state index in [1.807, 2.05) is 0 Å². The van der Waals surface area contributed by atoms with Crippen LogP contribution in [-0.4, -0.2) is 43.8 Å². The van der Waals surface area contributed by atoms with E-state index in [0.717, 1.165) is 45.6 Å². The molecule has 21 heavy (non-hydrogen) atoms. The maximum Gasteiger partial charge on any atom is 0.0826 e. The van der Waals surface area contributed by atoms with Crippen molar-refractivity contribution in [2.75, 3.05) is 32.8 Å². The molecule has 1 fully saturated rings. The molecule has 2 unspecified atom stereocenters. The van der Waals surface area contributed by atoms with Gasteiger partial charge in [0.1, 0.15) is 0 Å². The lowest BCUT2D eigenvalue weighted by molar-refractivity contribution is -0.0264. The lowest BCUT2D eigenvalue weighted by Gasteiger charge is -2.33. The third kappa shape index (κ3) is 4.80. The highest BCUT2D eigenvalue weighted by Gasteiger charge is 2.20. The summed E-state index contributed by atoms with van der Waals surface area (Å²) in [5, 5.41) is 3.69. The van der Waals surface area contributed by atoms with Gasteiger partial charge in [-0.15, -0.1) is 0 Å². The van der Waals surface area contributed by atoms with Crippen molar-refractivity contribution >= 4 is 0 Å². The molecule has 0 aromatic heterocycles. The van der Waals surface area contributed by atoms with E-state index in [4.69, 9.17) is 4.74 Å². The zero-order valence-corrected chi connectivity index (χ0v) is 13.8. The fourth-order valence-corrected chi connectivity index (χ4v) is 2.95. The van der Waals surface area contributed by atoms with Gasteiger partial charge in [0.15, 0.2) is 0 Å². The van der Waals surface area contributed by atoms with Gasteiger partial charge in [-0.05, 0) is 30.5 Å². The van der Waals surface area contributed by atoms with Crippen molar-refractivity contribution in [3.05, 3.63) is 35.4 Å². The van der Waals surface area contributed by atoms with Crippen LogP contribution >= 0.6 is 0 Å². The second-order valence-corrected chi connectivity index (χ2v) is 5.85. The first-order valence-electron chi connectivity index (χ1n) is 8.42. The van der Waals surface area contributed by atoms with Crippen LogP contribution in [-0.2, 0) is 11.2 Å². The van der Waals surface area contributed by atoms with Gasteiger partial charge in [0.05, 0.1) is 12.7 Å². The van der Waals surface area contributed by atoms with Crippen LogP contribution in [0.4, 0.5) is 0 Å². The second-order valence-electron chi connectivity index (χ2n) is 5.85. The molecule has 0 amide bonds. The molecule has 1 aliphatic heterocycles. The highest BCUT2D eigenvalue weighted by atomic mass is 16.5. The van der Waals surface area contributed by atoms with E-state index in [0.29, 0.717) is 12.1 Å². The number of likely N-dealkylation sites (N-methyl/N-ethyl adjacent to an activating group) is 1. The van der Waals surface area contributed by atoms with Crippen LogP contribution < -0.4 is 5.32 Å². The van der Waals surface area contributed by atoms with E-state index in [1.165, 1.54) is 11.1 Å². The normalized spacial score (nSPS) is 21.4. The van der Waals surface area contributed by atoms with Crippen molar-refractivity contribution in [2.45, 2.75) is 45.8 Å². The number of rotatable bonds is 7. The van der Waals surface area contributed by atoms with Crippen LogP contribution in [0, 0.1) is 0 Å². The number of morpholine rings is 1. The number of nitrogens with one attached hydrogen (secondary N) is 1. The lowest BCUT2D eigenvalue weighted by atomic mass is 10.0. The summed E-state index contributed by atoms with van der Waals surface area (Å²) in [5.74, 6) is 0. The minimum Gasteiger partial charge on any atom is -0.374 e. The quantitative estimate of drug-likeness (QED) is 0.835. The Labute approximate surface area is 129 Å². The average Bonchev–Trinajstić information content (AvgIpc) is 2.56. The van der Waals surface area contributed by atoms with Crippen LogP contribution in [0.1, 0.15) is 44.4 Å². The molecule has 0 spiro atoms. The first-order chi connectivity index (χ1) is 10.3. The van der Waals surface area contributed by atoms with Crippen LogP contribution in [0.2, 0.25) is 0 Å². The topological polar surface area (TPSA) is 24.5 Å². The molecule has 0 radical (unpaired) electrons. The number of hydrogen-bond acceptors (Lipinski definition) is 3. The molecule has 1 aromatic rings. The molecule has 2 atom stereocenters. The second kappa shape index (κ2) is 8.52. The van der Waals surface area contributed by atoms with Crippen LogP contribution in [0.25, 0.3) is 0 Å². The van der Waals surface area contributed by atoms with Gasteiger partial charge in [-0.1, -0.05) is 45.0 Å². The molecule has 118 valence electrons. The Hall–Kier alpha value is -0.900. The minimum atomic E-state index is 0.322. The van der Waals surface area contributed by atoms with Gasteiger partial charge in [0, 0.05) is 25.7 Å². The Kier molecular flexibility index (Phi) is 6.68. The van der Waals surface area contributed by atoms with Crippen molar-refractivity contribution < 1.29 is 4.74 Å². The highest BCUT2D eigenvalue weighted by molar-refractivity contribution is 5.25. The van der Waals surface area contributed by atoms with Gasteiger partial charge < -0.3 is 10.1 Å². The average molecular weight is 290 g/mol. The van der Waals surface area contributed by atoms with Crippen LogP contribution in [0.3, 0.4) is 0 Å². The maximum absolute atomic E-state index is 5.87. The summed E-state index contributed by atoms with van der Waals surface area (Å²) in [5.41, 5.74) is 2.79. The molecule has 3 nitrogen and oxygen atoms in total. The number of nitrogens with zero attached hydrogens (tertiary/aromatic N) is 1. The van der Waals surface area contributed by atoms with Crippen LogP contribution in [0.5, 0.6) is 0 Å². The molecule has 0 aliphatic carbocycles. The van der Waals surface area contributed by atoms with Crippen molar-refractivity contribution in [3.63, 3.8) is 0 Å². The molecule has 0 bridgehead atoms. The Balaban J connectivity index is 1.86. The molecular formula is C18H30N2O. The molecule has 0 saturated carbocycles. The Morgan fingerprint density at radius 1 is 1.24 bits per heavy atom. The van der Waals surface area contributed by atoms with Crippen LogP contribution in [0.15, 0.2) is 24.3 Å². The summed E-state index contributed by atoms with van der Waals surface area (Å²) in [6.45, 7) is 11.7.